The lowest BCUT2D eigenvalue weighted by atomic mass is 10.1. The van der Waals surface area contributed by atoms with Crippen molar-refractivity contribution in [2.75, 3.05) is 40.5 Å². The Morgan fingerprint density at radius 2 is 1.00 bits per heavy atom. The van der Waals surface area contributed by atoms with E-state index in [4.69, 9.17) is 18.5 Å². The number of rotatable bonds is 40. The third-order valence-electron chi connectivity index (χ3n) is 9.00. The maximum absolute atomic E-state index is 12.7. The molecule has 0 bridgehead atoms. The molecular formula is C47H82NO8P. The zero-order valence-corrected chi connectivity index (χ0v) is 37.4. The molecule has 0 aromatic heterocycles. The normalized spacial score (nSPS) is 14.1. The molecule has 57 heavy (non-hydrogen) atoms. The van der Waals surface area contributed by atoms with Crippen LogP contribution < -0.4 is 0 Å². The molecule has 0 aliphatic heterocycles. The van der Waals surface area contributed by atoms with E-state index in [1.54, 1.807) is 0 Å². The second-order valence-electron chi connectivity index (χ2n) is 14.8. The lowest BCUT2D eigenvalue weighted by Gasteiger charge is -2.20. The molecule has 0 spiro atoms. The van der Waals surface area contributed by atoms with Crippen LogP contribution in [0.15, 0.2) is 72.9 Å². The van der Waals surface area contributed by atoms with E-state index in [-0.39, 0.29) is 26.1 Å². The maximum atomic E-state index is 12.7. The van der Waals surface area contributed by atoms with E-state index >= 15 is 0 Å². The van der Waals surface area contributed by atoms with Crippen LogP contribution in [0.1, 0.15) is 168 Å². The molecule has 0 aliphatic carbocycles. The van der Waals surface area contributed by atoms with Crippen LogP contribution >= 0.6 is 7.82 Å². The number of phosphoric acid groups is 1. The van der Waals surface area contributed by atoms with Crippen LogP contribution in [0.4, 0.5) is 0 Å². The van der Waals surface area contributed by atoms with Crippen molar-refractivity contribution in [3.63, 3.8) is 0 Å². The Bertz CT molecular complexity index is 1180. The molecule has 0 aromatic carbocycles. The summed E-state index contributed by atoms with van der Waals surface area (Å²) in [6.07, 6.45) is 49.4. The summed E-state index contributed by atoms with van der Waals surface area (Å²) in [4.78, 5) is 37.1. The van der Waals surface area contributed by atoms with Crippen molar-refractivity contribution in [2.24, 2.45) is 0 Å². The zero-order valence-electron chi connectivity index (χ0n) is 36.5. The summed E-state index contributed by atoms with van der Waals surface area (Å²) in [5.41, 5.74) is 0. The molecule has 1 N–H and O–H groups in total. The van der Waals surface area contributed by atoms with Gasteiger partial charge in [-0.15, -0.1) is 0 Å². The van der Waals surface area contributed by atoms with Crippen molar-refractivity contribution < 1.29 is 37.6 Å². The second kappa shape index (κ2) is 41.6. The Morgan fingerprint density at radius 1 is 0.561 bits per heavy atom. The quantitative estimate of drug-likeness (QED) is 0.0279. The topological polar surface area (TPSA) is 112 Å². The van der Waals surface area contributed by atoms with Gasteiger partial charge in [-0.25, -0.2) is 4.57 Å². The van der Waals surface area contributed by atoms with Crippen LogP contribution in [0.5, 0.6) is 0 Å². The van der Waals surface area contributed by atoms with Crippen LogP contribution in [0.3, 0.4) is 0 Å². The van der Waals surface area contributed by atoms with E-state index in [9.17, 15) is 19.0 Å². The van der Waals surface area contributed by atoms with E-state index in [0.29, 0.717) is 19.4 Å². The van der Waals surface area contributed by atoms with Crippen molar-refractivity contribution in [2.45, 2.75) is 174 Å². The van der Waals surface area contributed by atoms with Crippen LogP contribution in [-0.4, -0.2) is 68.3 Å². The maximum Gasteiger partial charge on any atom is 0.472 e. The number of esters is 2. The average Bonchev–Trinajstić information content (AvgIpc) is 3.18. The third kappa shape index (κ3) is 42.9. The number of phosphoric ester groups is 1. The Hall–Kier alpha value is -2.55. The number of unbranched alkanes of at least 4 members (excludes halogenated alkanes) is 14. The van der Waals surface area contributed by atoms with Gasteiger partial charge >= 0.3 is 19.8 Å². The number of hydrogen-bond donors (Lipinski definition) is 1. The second-order valence-corrected chi connectivity index (χ2v) is 16.3. The summed E-state index contributed by atoms with van der Waals surface area (Å²) in [6.45, 7) is 4.13. The standard InChI is InChI=1S/C47H82NO8P/c1-5-7-9-11-13-15-17-19-21-23-25-27-29-31-33-35-37-39-46(49)53-43-45(44-55-57(51,52)54-42-41-48(3)4)56-47(50)40-38-36-34-32-30-28-26-24-22-20-18-16-14-12-10-8-6-2/h7,9,13-16,19-22,25,27,45H,5-6,8,10-12,17-18,23-24,26,28-44H2,1-4H3,(H,51,52)/b9-7-,15-13-,16-14-,21-19-,22-20-,27-25-. The first-order chi connectivity index (χ1) is 27.7. The van der Waals surface area contributed by atoms with E-state index in [1.165, 1.54) is 44.9 Å². The van der Waals surface area contributed by atoms with E-state index in [1.807, 2.05) is 19.0 Å². The number of allylic oxidation sites excluding steroid dienone is 12. The van der Waals surface area contributed by atoms with E-state index < -0.39 is 32.5 Å². The fraction of sp³-hybridized carbons (Fsp3) is 0.702. The zero-order chi connectivity index (χ0) is 41.9. The first kappa shape index (κ1) is 54.5. The number of nitrogens with zero attached hydrogens (tertiary/aromatic N) is 1. The molecule has 0 saturated heterocycles. The van der Waals surface area contributed by atoms with Crippen molar-refractivity contribution in [3.8, 4) is 0 Å². The predicted molar refractivity (Wildman–Crippen MR) is 238 cm³/mol. The van der Waals surface area contributed by atoms with Gasteiger partial charge in [-0.05, 0) is 97.6 Å². The van der Waals surface area contributed by atoms with Gasteiger partial charge in [0.25, 0.3) is 0 Å². The summed E-state index contributed by atoms with van der Waals surface area (Å²) in [6, 6.07) is 0. The summed E-state index contributed by atoms with van der Waals surface area (Å²) >= 11 is 0. The van der Waals surface area contributed by atoms with Gasteiger partial charge in [-0.3, -0.25) is 18.6 Å². The molecule has 10 heteroatoms. The molecule has 2 unspecified atom stereocenters. The van der Waals surface area contributed by atoms with Gasteiger partial charge < -0.3 is 19.3 Å². The molecule has 0 fully saturated rings. The molecule has 0 heterocycles. The van der Waals surface area contributed by atoms with Crippen LogP contribution in [0, 0.1) is 0 Å². The lowest BCUT2D eigenvalue weighted by molar-refractivity contribution is -0.161. The Morgan fingerprint density at radius 3 is 1.49 bits per heavy atom. The molecule has 0 saturated carbocycles. The highest BCUT2D eigenvalue weighted by Gasteiger charge is 2.26. The van der Waals surface area contributed by atoms with Gasteiger partial charge in [0.05, 0.1) is 13.2 Å². The molecule has 9 nitrogen and oxygen atoms in total. The summed E-state index contributed by atoms with van der Waals surface area (Å²) in [5, 5.41) is 0. The summed E-state index contributed by atoms with van der Waals surface area (Å²) < 4.78 is 33.5. The Balaban J connectivity index is 4.35. The molecule has 0 amide bonds. The van der Waals surface area contributed by atoms with Crippen LogP contribution in [0.25, 0.3) is 0 Å². The van der Waals surface area contributed by atoms with Crippen LogP contribution in [0.2, 0.25) is 0 Å². The smallest absolute Gasteiger partial charge is 0.462 e. The lowest BCUT2D eigenvalue weighted by Crippen LogP contribution is -2.29. The highest BCUT2D eigenvalue weighted by Crippen LogP contribution is 2.43. The first-order valence-electron chi connectivity index (χ1n) is 22.2. The highest BCUT2D eigenvalue weighted by molar-refractivity contribution is 7.47. The number of carbonyl (C=O) groups is 2. The molecule has 0 aromatic rings. The van der Waals surface area contributed by atoms with Crippen molar-refractivity contribution >= 4 is 19.8 Å². The minimum absolute atomic E-state index is 0.00215. The number of ether oxygens (including phenoxy) is 2. The average molecular weight is 820 g/mol. The fourth-order valence-corrected chi connectivity index (χ4v) is 6.33. The summed E-state index contributed by atoms with van der Waals surface area (Å²) in [5.74, 6) is -0.845. The van der Waals surface area contributed by atoms with Gasteiger partial charge in [-0.1, -0.05) is 145 Å². The van der Waals surface area contributed by atoms with Crippen molar-refractivity contribution in [3.05, 3.63) is 72.9 Å². The number of likely N-dealkylation sites (N-methyl/N-ethyl adjacent to an activating group) is 1. The molecule has 2 atom stereocenters. The van der Waals surface area contributed by atoms with Gasteiger partial charge in [0.1, 0.15) is 6.61 Å². The largest absolute Gasteiger partial charge is 0.472 e. The third-order valence-corrected chi connectivity index (χ3v) is 9.98. The number of carbonyl (C=O) groups excluding carboxylic acids is 2. The Labute approximate surface area is 348 Å². The van der Waals surface area contributed by atoms with Gasteiger partial charge in [0.2, 0.25) is 0 Å². The monoisotopic (exact) mass is 820 g/mol. The number of hydrogen-bond acceptors (Lipinski definition) is 8. The van der Waals surface area contributed by atoms with Gasteiger partial charge in [-0.2, -0.15) is 0 Å². The molecule has 0 rings (SSSR count). The van der Waals surface area contributed by atoms with Crippen molar-refractivity contribution in [1.82, 2.24) is 4.90 Å². The van der Waals surface area contributed by atoms with E-state index in [0.717, 1.165) is 83.5 Å². The van der Waals surface area contributed by atoms with Gasteiger partial charge in [0.15, 0.2) is 6.10 Å². The molecule has 0 aliphatic rings. The first-order valence-corrected chi connectivity index (χ1v) is 23.7. The van der Waals surface area contributed by atoms with Crippen molar-refractivity contribution in [1.29, 1.82) is 0 Å². The SMILES string of the molecule is CC/C=C\C/C=C\C/C=C\C/C=C\CCCCCCC(=O)OCC(COP(=O)(O)OCCN(C)C)OC(=O)CCCCCCCCC/C=C\C/C=C\CCCCC. The minimum Gasteiger partial charge on any atom is -0.462 e. The van der Waals surface area contributed by atoms with E-state index in [2.05, 4.69) is 86.8 Å². The molecular weight excluding hydrogens is 737 g/mol. The molecule has 0 radical (unpaired) electrons. The highest BCUT2D eigenvalue weighted by atomic mass is 31.2. The Kier molecular flexibility index (Phi) is 39.7. The van der Waals surface area contributed by atoms with Gasteiger partial charge in [0, 0.05) is 19.4 Å². The minimum atomic E-state index is -4.37. The summed E-state index contributed by atoms with van der Waals surface area (Å²) in [7, 11) is -0.737. The van der Waals surface area contributed by atoms with Crippen LogP contribution in [-0.2, 0) is 32.7 Å². The molecule has 328 valence electrons. The predicted octanol–water partition coefficient (Wildman–Crippen LogP) is 12.9. The fourth-order valence-electron chi connectivity index (χ4n) is 5.59.